The van der Waals surface area contributed by atoms with Crippen LogP contribution in [0, 0.1) is 6.92 Å². The van der Waals surface area contributed by atoms with Crippen molar-refractivity contribution >= 4 is 21.7 Å². The zero-order valence-electron chi connectivity index (χ0n) is 8.14. The van der Waals surface area contributed by atoms with Crippen molar-refractivity contribution in [1.29, 1.82) is 0 Å². The van der Waals surface area contributed by atoms with E-state index in [1.54, 1.807) is 10.9 Å². The van der Waals surface area contributed by atoms with E-state index in [4.69, 9.17) is 4.74 Å². The molecule has 2 aromatic heterocycles. The third-order valence-electron chi connectivity index (χ3n) is 2.44. The van der Waals surface area contributed by atoms with Crippen LogP contribution < -0.4 is 5.56 Å². The van der Waals surface area contributed by atoms with Crippen molar-refractivity contribution in [2.45, 2.75) is 19.6 Å². The molecule has 3 heterocycles. The number of ether oxygens (including phenoxy) is 1. The highest BCUT2D eigenvalue weighted by molar-refractivity contribution is 7.12. The van der Waals surface area contributed by atoms with Crippen LogP contribution in [-0.2, 0) is 11.3 Å². The van der Waals surface area contributed by atoms with Gasteiger partial charge in [0.1, 0.15) is 0 Å². The molecule has 0 amide bonds. The van der Waals surface area contributed by atoms with Crippen LogP contribution in [0.3, 0.4) is 0 Å². The van der Waals surface area contributed by atoms with Crippen molar-refractivity contribution in [1.82, 2.24) is 13.9 Å². The van der Waals surface area contributed by atoms with Gasteiger partial charge in [-0.3, -0.25) is 9.36 Å². The predicted octanol–water partition coefficient (Wildman–Crippen LogP) is 0.560. The second kappa shape index (κ2) is 3.11. The Morgan fingerprint density at radius 3 is 3.27 bits per heavy atom. The highest BCUT2D eigenvalue weighted by atomic mass is 32.1. The lowest BCUT2D eigenvalue weighted by atomic mass is 10.3. The summed E-state index contributed by atoms with van der Waals surface area (Å²) in [5.41, 5.74) is 0.750. The van der Waals surface area contributed by atoms with Gasteiger partial charge in [0.2, 0.25) is 0 Å². The quantitative estimate of drug-likeness (QED) is 0.698. The fourth-order valence-corrected chi connectivity index (χ4v) is 2.27. The maximum absolute atomic E-state index is 12.0. The third kappa shape index (κ3) is 1.46. The molecule has 1 fully saturated rings. The Morgan fingerprint density at radius 2 is 2.53 bits per heavy atom. The zero-order chi connectivity index (χ0) is 10.4. The largest absolute Gasteiger partial charge is 0.371 e. The lowest BCUT2D eigenvalue weighted by Gasteiger charge is -2.01. The molecule has 0 bridgehead atoms. The highest BCUT2D eigenvalue weighted by Crippen LogP contribution is 2.16. The summed E-state index contributed by atoms with van der Waals surface area (Å²) in [5, 5.41) is 0.642. The first-order valence-corrected chi connectivity index (χ1v) is 5.46. The molecule has 78 valence electrons. The number of aromatic nitrogens is 3. The lowest BCUT2D eigenvalue weighted by molar-refractivity contribution is 0.380. The summed E-state index contributed by atoms with van der Waals surface area (Å²) in [4.78, 5) is 16.9. The van der Waals surface area contributed by atoms with Crippen molar-refractivity contribution in [2.24, 2.45) is 0 Å². The molecule has 0 unspecified atom stereocenters. The second-order valence-corrected chi connectivity index (χ2v) is 4.36. The topological polar surface area (TPSA) is 60.3 Å². The van der Waals surface area contributed by atoms with Crippen LogP contribution in [0.15, 0.2) is 11.1 Å². The van der Waals surface area contributed by atoms with E-state index < -0.39 is 0 Å². The molecule has 2 aromatic rings. The maximum Gasteiger partial charge on any atom is 0.264 e. The summed E-state index contributed by atoms with van der Waals surface area (Å²) in [6.07, 6.45) is 1.76. The van der Waals surface area contributed by atoms with Crippen LogP contribution in [0.4, 0.5) is 0 Å². The molecule has 0 spiro atoms. The Bertz CT molecular complexity index is 570. The standard InChI is InChI=1S/C9H9N3O2S/c1-5-7-8(15-11-5)10-4-12(9(7)13)2-6-3-14-6/h4,6H,2-3H2,1H3/t6-/m0/s1. The first kappa shape index (κ1) is 8.99. The summed E-state index contributed by atoms with van der Waals surface area (Å²) in [5.74, 6) is 0. The zero-order valence-corrected chi connectivity index (χ0v) is 8.95. The van der Waals surface area contributed by atoms with E-state index >= 15 is 0 Å². The van der Waals surface area contributed by atoms with E-state index in [2.05, 4.69) is 9.36 Å². The molecule has 0 saturated carbocycles. The van der Waals surface area contributed by atoms with E-state index in [0.717, 1.165) is 12.3 Å². The Labute approximate surface area is 89.5 Å². The molecule has 0 aliphatic carbocycles. The van der Waals surface area contributed by atoms with Gasteiger partial charge in [0.25, 0.3) is 5.56 Å². The van der Waals surface area contributed by atoms with Crippen LogP contribution in [0.2, 0.25) is 0 Å². The van der Waals surface area contributed by atoms with Gasteiger partial charge in [-0.25, -0.2) is 4.98 Å². The number of epoxide rings is 1. The van der Waals surface area contributed by atoms with Crippen LogP contribution in [0.5, 0.6) is 0 Å². The number of nitrogens with zero attached hydrogens (tertiary/aromatic N) is 3. The van der Waals surface area contributed by atoms with Crippen molar-refractivity contribution in [3.05, 3.63) is 22.4 Å². The molecular formula is C9H9N3O2S. The maximum atomic E-state index is 12.0. The molecule has 5 nitrogen and oxygen atoms in total. The molecule has 0 aromatic carbocycles. The molecule has 1 atom stereocenters. The van der Waals surface area contributed by atoms with Crippen molar-refractivity contribution in [3.8, 4) is 0 Å². The number of rotatable bonds is 2. The average molecular weight is 223 g/mol. The van der Waals surface area contributed by atoms with Crippen LogP contribution in [0.25, 0.3) is 10.2 Å². The molecule has 6 heteroatoms. The van der Waals surface area contributed by atoms with Crippen LogP contribution in [0.1, 0.15) is 5.69 Å². The Kier molecular flexibility index (Phi) is 1.86. The van der Waals surface area contributed by atoms with E-state index in [1.807, 2.05) is 6.92 Å². The molecule has 15 heavy (non-hydrogen) atoms. The van der Waals surface area contributed by atoms with Crippen LogP contribution in [-0.4, -0.2) is 26.6 Å². The van der Waals surface area contributed by atoms with Gasteiger partial charge in [0.05, 0.1) is 36.7 Å². The number of aryl methyl sites for hydroxylation is 1. The first-order chi connectivity index (χ1) is 7.25. The highest BCUT2D eigenvalue weighted by Gasteiger charge is 2.24. The van der Waals surface area contributed by atoms with Gasteiger partial charge in [0, 0.05) is 0 Å². The molecule has 3 rings (SSSR count). The van der Waals surface area contributed by atoms with Crippen molar-refractivity contribution in [2.75, 3.05) is 6.61 Å². The monoisotopic (exact) mass is 223 g/mol. The van der Waals surface area contributed by atoms with Gasteiger partial charge >= 0.3 is 0 Å². The molecular weight excluding hydrogens is 214 g/mol. The van der Waals surface area contributed by atoms with Gasteiger partial charge in [-0.15, -0.1) is 0 Å². The first-order valence-electron chi connectivity index (χ1n) is 4.69. The number of fused-ring (bicyclic) bond motifs is 1. The summed E-state index contributed by atoms with van der Waals surface area (Å²) in [7, 11) is 0. The molecule has 1 aliphatic heterocycles. The average Bonchev–Trinajstić information content (AvgIpc) is 2.95. The predicted molar refractivity (Wildman–Crippen MR) is 56.2 cm³/mol. The SMILES string of the molecule is Cc1nsc2ncn(C[C@H]3CO3)c(=O)c12. The fraction of sp³-hybridized carbons (Fsp3) is 0.444. The minimum absolute atomic E-state index is 0.0123. The number of hydrogen-bond acceptors (Lipinski definition) is 5. The molecule has 1 saturated heterocycles. The Balaban J connectivity index is 2.18. The molecule has 0 N–H and O–H groups in total. The van der Waals surface area contributed by atoms with E-state index in [1.165, 1.54) is 11.5 Å². The molecule has 1 aliphatic rings. The third-order valence-corrected chi connectivity index (χ3v) is 3.28. The summed E-state index contributed by atoms with van der Waals surface area (Å²) in [6, 6.07) is 0. The van der Waals surface area contributed by atoms with E-state index in [9.17, 15) is 4.79 Å². The summed E-state index contributed by atoms with van der Waals surface area (Å²) < 4.78 is 10.8. The van der Waals surface area contributed by atoms with E-state index in [-0.39, 0.29) is 11.7 Å². The fourth-order valence-electron chi connectivity index (χ4n) is 1.53. The Hall–Kier alpha value is -1.27. The van der Waals surface area contributed by atoms with Crippen molar-refractivity contribution < 1.29 is 4.74 Å². The minimum atomic E-state index is -0.0123. The van der Waals surface area contributed by atoms with Crippen molar-refractivity contribution in [3.63, 3.8) is 0 Å². The normalized spacial score (nSPS) is 19.7. The summed E-state index contributed by atoms with van der Waals surface area (Å²) in [6.45, 7) is 3.17. The van der Waals surface area contributed by atoms with Gasteiger partial charge in [0.15, 0.2) is 4.83 Å². The minimum Gasteiger partial charge on any atom is -0.371 e. The van der Waals surface area contributed by atoms with Gasteiger partial charge in [-0.2, -0.15) is 4.37 Å². The summed E-state index contributed by atoms with van der Waals surface area (Å²) >= 11 is 1.27. The van der Waals surface area contributed by atoms with E-state index in [0.29, 0.717) is 16.8 Å². The van der Waals surface area contributed by atoms with Crippen LogP contribution >= 0.6 is 11.5 Å². The lowest BCUT2D eigenvalue weighted by Crippen LogP contribution is -2.22. The Morgan fingerprint density at radius 1 is 1.73 bits per heavy atom. The smallest absolute Gasteiger partial charge is 0.264 e. The second-order valence-electron chi connectivity index (χ2n) is 3.61. The van der Waals surface area contributed by atoms with Gasteiger partial charge in [-0.1, -0.05) is 0 Å². The molecule has 0 radical (unpaired) electrons. The van der Waals surface area contributed by atoms with Gasteiger partial charge in [-0.05, 0) is 18.5 Å². The number of hydrogen-bond donors (Lipinski definition) is 0. The van der Waals surface area contributed by atoms with Gasteiger partial charge < -0.3 is 4.74 Å².